The fraction of sp³-hybridized carbons (Fsp3) is 0.231. The molecule has 0 heterocycles. The lowest BCUT2D eigenvalue weighted by atomic mass is 9.94. The van der Waals surface area contributed by atoms with Crippen molar-refractivity contribution in [3.05, 3.63) is 77.4 Å². The van der Waals surface area contributed by atoms with Gasteiger partial charge in [-0.15, -0.1) is 0 Å². The first-order valence-electron chi connectivity index (χ1n) is 10.4. The molecule has 1 amide bonds. The molecule has 3 aromatic carbocycles. The van der Waals surface area contributed by atoms with Crippen LogP contribution < -0.4 is 14.8 Å². The Bertz CT molecular complexity index is 1190. The van der Waals surface area contributed by atoms with Gasteiger partial charge in [-0.3, -0.25) is 4.79 Å². The van der Waals surface area contributed by atoms with Crippen molar-refractivity contribution in [2.75, 3.05) is 19.5 Å². The van der Waals surface area contributed by atoms with Crippen molar-refractivity contribution in [2.24, 2.45) is 0 Å². The first kappa shape index (κ1) is 21.4. The number of hydrogen-bond acceptors (Lipinski definition) is 4. The summed E-state index contributed by atoms with van der Waals surface area (Å²) in [5.74, 6) is -0.0200. The third kappa shape index (κ3) is 3.91. The van der Waals surface area contributed by atoms with E-state index in [4.69, 9.17) is 9.47 Å². The number of carboxylic acid groups (broad SMARTS) is 1. The number of methoxy groups -OCH3 is 2. The number of hydrogen-bond donors (Lipinski definition) is 2. The molecule has 2 N–H and O–H groups in total. The molecule has 6 nitrogen and oxygen atoms in total. The lowest BCUT2D eigenvalue weighted by Gasteiger charge is -2.17. The number of nitrogens with one attached hydrogen (secondary N) is 1. The number of carbonyl (C=O) groups is 2. The quantitative estimate of drug-likeness (QED) is 0.509. The van der Waals surface area contributed by atoms with Gasteiger partial charge in [0.2, 0.25) is 5.91 Å². The molecule has 3 aromatic rings. The lowest BCUT2D eigenvalue weighted by Crippen LogP contribution is -2.27. The summed E-state index contributed by atoms with van der Waals surface area (Å²) in [5, 5.41) is 12.4. The number of anilines is 1. The van der Waals surface area contributed by atoms with Gasteiger partial charge >= 0.3 is 5.97 Å². The molecule has 0 radical (unpaired) electrons. The Morgan fingerprint density at radius 3 is 2.28 bits per heavy atom. The monoisotopic (exact) mass is 435 g/mol. The molecular formula is C26H29NO5. The number of ether oxygens (including phenoxy) is 2. The van der Waals surface area contributed by atoms with Gasteiger partial charge in [-0.1, -0.05) is 24.3 Å². The van der Waals surface area contributed by atoms with Crippen LogP contribution in [0.1, 0.15) is 37.2 Å². The molecule has 4 rings (SSSR count). The highest BCUT2D eigenvalue weighted by molar-refractivity contribution is 6.02. The molecule has 0 spiro atoms. The number of aromatic carboxylic acids is 1. The number of carbonyl (C=O) groups excluding carboxylic acids is 1. The van der Waals surface area contributed by atoms with Gasteiger partial charge < -0.3 is 19.9 Å². The van der Waals surface area contributed by atoms with Crippen LogP contribution in [-0.4, -0.2) is 31.2 Å². The van der Waals surface area contributed by atoms with Crippen molar-refractivity contribution in [1.29, 1.82) is 0 Å². The molecule has 0 unspecified atom stereocenters. The number of aryl methyl sites for hydroxylation is 1. The number of rotatable bonds is 7. The van der Waals surface area contributed by atoms with Gasteiger partial charge in [0, 0.05) is 8.54 Å². The van der Waals surface area contributed by atoms with E-state index in [1.165, 1.54) is 13.2 Å². The fourth-order valence-corrected chi connectivity index (χ4v) is 3.98. The zero-order valence-corrected chi connectivity index (χ0v) is 18.3. The Morgan fingerprint density at radius 1 is 0.969 bits per heavy atom. The van der Waals surface area contributed by atoms with Crippen LogP contribution >= 0.6 is 0 Å². The third-order valence-electron chi connectivity index (χ3n) is 6.07. The second-order valence-electron chi connectivity index (χ2n) is 8.01. The molecular weight excluding hydrogens is 406 g/mol. The van der Waals surface area contributed by atoms with E-state index in [1.54, 1.807) is 19.2 Å². The van der Waals surface area contributed by atoms with Crippen LogP contribution in [0.15, 0.2) is 60.7 Å². The van der Waals surface area contributed by atoms with Crippen molar-refractivity contribution in [3.8, 4) is 22.6 Å². The largest absolute Gasteiger partial charge is 0.497 e. The fourth-order valence-electron chi connectivity index (χ4n) is 3.98. The van der Waals surface area contributed by atoms with Crippen LogP contribution in [-0.2, 0) is 10.2 Å². The SMILES string of the molecule is COc1ccc(C2(C(=O)Nc3ccc(C)c(-c4ccc(C(=O)O)c(OC)c4)c3)CC2)cc1.[HH].[HH]. The molecule has 0 aliphatic heterocycles. The first-order chi connectivity index (χ1) is 15.4. The molecule has 6 heteroatoms. The minimum Gasteiger partial charge on any atom is -0.497 e. The summed E-state index contributed by atoms with van der Waals surface area (Å²) >= 11 is 0. The van der Waals surface area contributed by atoms with Crippen LogP contribution in [0.2, 0.25) is 0 Å². The maximum absolute atomic E-state index is 13.2. The molecule has 0 aromatic heterocycles. The normalized spacial score (nSPS) is 13.8. The standard InChI is InChI=1S/C26H25NO5.2H2/c1-16-4-8-19(15-22(16)17-5-11-21(24(28)29)23(14-17)32-3)27-25(30)26(12-13-26)18-6-9-20(31-2)10-7-18;;/h4-11,14-15H,12-13H2,1-3H3,(H,27,30)(H,28,29);2*1H. The second kappa shape index (κ2) is 8.38. The van der Waals surface area contributed by atoms with E-state index in [0.717, 1.165) is 40.8 Å². The van der Waals surface area contributed by atoms with Crippen LogP contribution in [0.25, 0.3) is 11.1 Å². The van der Waals surface area contributed by atoms with Crippen LogP contribution in [0.3, 0.4) is 0 Å². The van der Waals surface area contributed by atoms with Crippen molar-refractivity contribution in [3.63, 3.8) is 0 Å². The summed E-state index contributed by atoms with van der Waals surface area (Å²) in [6, 6.07) is 18.4. The predicted octanol–water partition coefficient (Wildman–Crippen LogP) is 5.54. The number of carboxylic acids is 1. The maximum atomic E-state index is 13.2. The molecule has 1 aliphatic rings. The summed E-state index contributed by atoms with van der Waals surface area (Å²) in [6.45, 7) is 1.97. The molecule has 1 aliphatic carbocycles. The minimum atomic E-state index is -1.04. The van der Waals surface area contributed by atoms with E-state index in [9.17, 15) is 14.7 Å². The predicted molar refractivity (Wildman–Crippen MR) is 127 cm³/mol. The zero-order valence-electron chi connectivity index (χ0n) is 18.3. The average molecular weight is 436 g/mol. The van der Waals surface area contributed by atoms with E-state index in [0.29, 0.717) is 11.4 Å². The Morgan fingerprint density at radius 2 is 1.69 bits per heavy atom. The number of benzene rings is 3. The summed E-state index contributed by atoms with van der Waals surface area (Å²) < 4.78 is 10.5. The van der Waals surface area contributed by atoms with Crippen molar-refractivity contribution in [1.82, 2.24) is 0 Å². The van der Waals surface area contributed by atoms with E-state index in [-0.39, 0.29) is 14.3 Å². The summed E-state index contributed by atoms with van der Waals surface area (Å²) in [4.78, 5) is 24.6. The average Bonchev–Trinajstić information content (AvgIpc) is 3.62. The van der Waals surface area contributed by atoms with Crippen molar-refractivity contribution in [2.45, 2.75) is 25.2 Å². The topological polar surface area (TPSA) is 84.9 Å². The molecule has 168 valence electrons. The Hall–Kier alpha value is -3.80. The smallest absolute Gasteiger partial charge is 0.339 e. The highest BCUT2D eigenvalue weighted by Crippen LogP contribution is 2.49. The maximum Gasteiger partial charge on any atom is 0.339 e. The second-order valence-corrected chi connectivity index (χ2v) is 8.01. The van der Waals surface area contributed by atoms with Crippen LogP contribution in [0.5, 0.6) is 11.5 Å². The van der Waals surface area contributed by atoms with E-state index < -0.39 is 11.4 Å². The highest BCUT2D eigenvalue weighted by Gasteiger charge is 2.51. The Labute approximate surface area is 189 Å². The molecule has 1 fully saturated rings. The molecule has 0 saturated heterocycles. The number of amides is 1. The summed E-state index contributed by atoms with van der Waals surface area (Å²) in [6.07, 6.45) is 1.61. The zero-order chi connectivity index (χ0) is 22.9. The van der Waals surface area contributed by atoms with Gasteiger partial charge in [-0.2, -0.15) is 0 Å². The third-order valence-corrected chi connectivity index (χ3v) is 6.07. The molecule has 1 saturated carbocycles. The van der Waals surface area contributed by atoms with Gasteiger partial charge in [0.25, 0.3) is 0 Å². The molecule has 32 heavy (non-hydrogen) atoms. The van der Waals surface area contributed by atoms with Crippen LogP contribution in [0.4, 0.5) is 5.69 Å². The van der Waals surface area contributed by atoms with Crippen molar-refractivity contribution >= 4 is 17.6 Å². The molecule has 0 atom stereocenters. The molecule has 0 bridgehead atoms. The first-order valence-corrected chi connectivity index (χ1v) is 10.4. The van der Waals surface area contributed by atoms with Crippen molar-refractivity contribution < 1.29 is 27.0 Å². The van der Waals surface area contributed by atoms with E-state index in [2.05, 4.69) is 5.32 Å². The van der Waals surface area contributed by atoms with E-state index in [1.807, 2.05) is 49.4 Å². The van der Waals surface area contributed by atoms with Gasteiger partial charge in [-0.05, 0) is 78.4 Å². The Kier molecular flexibility index (Phi) is 5.61. The summed E-state index contributed by atoms with van der Waals surface area (Å²) in [5.41, 5.74) is 3.99. The minimum absolute atomic E-state index is 0. The lowest BCUT2D eigenvalue weighted by molar-refractivity contribution is -0.118. The van der Waals surface area contributed by atoms with Gasteiger partial charge in [-0.25, -0.2) is 4.79 Å². The van der Waals surface area contributed by atoms with Gasteiger partial charge in [0.05, 0.1) is 19.6 Å². The Balaban J connectivity index is 0.00000204. The summed E-state index contributed by atoms with van der Waals surface area (Å²) in [7, 11) is 3.07. The van der Waals surface area contributed by atoms with E-state index >= 15 is 0 Å². The van der Waals surface area contributed by atoms with Gasteiger partial charge in [0.1, 0.15) is 17.1 Å². The van der Waals surface area contributed by atoms with Gasteiger partial charge in [0.15, 0.2) is 0 Å². The highest BCUT2D eigenvalue weighted by atomic mass is 16.5. The van der Waals surface area contributed by atoms with Crippen LogP contribution in [0, 0.1) is 6.92 Å².